The Bertz CT molecular complexity index is 2520. The lowest BCUT2D eigenvalue weighted by molar-refractivity contribution is 1.29. The van der Waals surface area contributed by atoms with E-state index in [0.717, 1.165) is 12.8 Å². The van der Waals surface area contributed by atoms with Gasteiger partial charge < -0.3 is 8.80 Å². The summed E-state index contributed by atoms with van der Waals surface area (Å²) >= 11 is 0. The van der Waals surface area contributed by atoms with Crippen LogP contribution in [-0.2, 0) is 12.8 Å². The maximum Gasteiger partial charge on any atom is 0.0620 e. The number of aromatic nitrogens is 2. The zero-order valence-corrected chi connectivity index (χ0v) is 22.4. The highest BCUT2D eigenvalue weighted by Crippen LogP contribution is 2.49. The average Bonchev–Trinajstić information content (AvgIpc) is 3.80. The third-order valence-electron chi connectivity index (χ3n) is 10.3. The molecule has 0 aliphatic heterocycles. The zero-order chi connectivity index (χ0) is 26.0. The first kappa shape index (κ1) is 20.1. The van der Waals surface area contributed by atoms with E-state index in [0.29, 0.717) is 0 Å². The molecule has 0 unspecified atom stereocenters. The highest BCUT2D eigenvalue weighted by atomic mass is 14.9. The summed E-state index contributed by atoms with van der Waals surface area (Å²) in [7, 11) is 0. The van der Waals surface area contributed by atoms with Gasteiger partial charge in [-0.2, -0.15) is 0 Å². The number of rotatable bonds is 0. The Balaban J connectivity index is 1.46. The van der Waals surface area contributed by atoms with Crippen molar-refractivity contribution in [3.05, 3.63) is 106 Å². The van der Waals surface area contributed by atoms with Crippen molar-refractivity contribution >= 4 is 88.3 Å². The Morgan fingerprint density at radius 3 is 1.48 bits per heavy atom. The summed E-state index contributed by atoms with van der Waals surface area (Å²) in [5.41, 5.74) is 16.5. The lowest BCUT2D eigenvalue weighted by Crippen LogP contribution is -1.93. The summed E-state index contributed by atoms with van der Waals surface area (Å²) in [5.74, 6) is 0. The molecular weight excluding hydrogens is 484 g/mol. The van der Waals surface area contributed by atoms with Crippen molar-refractivity contribution in [3.8, 4) is 0 Å². The van der Waals surface area contributed by atoms with Crippen LogP contribution < -0.4 is 0 Å². The quantitative estimate of drug-likeness (QED) is 0.193. The second-order valence-corrected chi connectivity index (χ2v) is 12.1. The molecule has 0 spiro atoms. The Morgan fingerprint density at radius 1 is 0.500 bits per heavy atom. The van der Waals surface area contributed by atoms with Crippen LogP contribution in [0.5, 0.6) is 0 Å². The van der Waals surface area contributed by atoms with Crippen LogP contribution in [0.25, 0.3) is 88.3 Å². The predicted molar refractivity (Wildman–Crippen MR) is 171 cm³/mol. The molecule has 4 aromatic heterocycles. The number of nitrogens with zero attached hydrogens (tertiary/aromatic N) is 2. The van der Waals surface area contributed by atoms with Gasteiger partial charge in [0.15, 0.2) is 0 Å². The van der Waals surface area contributed by atoms with E-state index in [2.05, 4.69) is 108 Å². The molecular formula is C38H24N2. The zero-order valence-electron chi connectivity index (χ0n) is 22.4. The summed E-state index contributed by atoms with van der Waals surface area (Å²) in [6, 6.07) is 23.6. The SMILES string of the molecule is Cc1c2c3cccc4c5cc6c(cc5n(c2c(C)c2c1c1cccc5c7cc8c(cc7n2c51)C=CC8)c43)C=CC6. The molecule has 0 fully saturated rings. The van der Waals surface area contributed by atoms with Gasteiger partial charge in [-0.3, -0.25) is 0 Å². The second kappa shape index (κ2) is 6.32. The van der Waals surface area contributed by atoms with Gasteiger partial charge in [-0.15, -0.1) is 0 Å². The molecule has 11 rings (SSSR count). The number of fused-ring (bicyclic) bond motifs is 14. The largest absolute Gasteiger partial charge is 0.308 e. The van der Waals surface area contributed by atoms with Gasteiger partial charge in [-0.1, -0.05) is 60.7 Å². The third kappa shape index (κ3) is 2.00. The molecule has 2 nitrogen and oxygen atoms in total. The number of allylic oxidation sites excluding steroid dienone is 2. The Morgan fingerprint density at radius 2 is 0.975 bits per heavy atom. The lowest BCUT2D eigenvalue weighted by atomic mass is 9.96. The van der Waals surface area contributed by atoms with Crippen LogP contribution in [-0.4, -0.2) is 8.80 Å². The van der Waals surface area contributed by atoms with Crippen LogP contribution in [0.2, 0.25) is 0 Å². The minimum Gasteiger partial charge on any atom is -0.308 e. The van der Waals surface area contributed by atoms with Gasteiger partial charge in [0.2, 0.25) is 0 Å². The molecule has 186 valence electrons. The molecule has 40 heavy (non-hydrogen) atoms. The van der Waals surface area contributed by atoms with E-state index < -0.39 is 0 Å². The molecule has 2 aliphatic carbocycles. The molecule has 0 amide bonds. The van der Waals surface area contributed by atoms with E-state index in [1.807, 2.05) is 0 Å². The molecule has 0 bridgehead atoms. The van der Waals surface area contributed by atoms with E-state index in [1.54, 1.807) is 0 Å². The van der Waals surface area contributed by atoms with Gasteiger partial charge in [-0.05, 0) is 84.3 Å². The maximum absolute atomic E-state index is 2.59. The number of aryl methyl sites for hydroxylation is 2. The second-order valence-electron chi connectivity index (χ2n) is 12.1. The Kier molecular flexibility index (Phi) is 3.18. The Labute approximate surface area is 229 Å². The number of para-hydroxylation sites is 2. The lowest BCUT2D eigenvalue weighted by Gasteiger charge is -2.10. The molecule has 4 heterocycles. The van der Waals surface area contributed by atoms with E-state index >= 15 is 0 Å². The van der Waals surface area contributed by atoms with Crippen molar-refractivity contribution in [2.75, 3.05) is 0 Å². The van der Waals surface area contributed by atoms with E-state index in [4.69, 9.17) is 0 Å². The van der Waals surface area contributed by atoms with Crippen molar-refractivity contribution in [1.82, 2.24) is 8.80 Å². The van der Waals surface area contributed by atoms with Gasteiger partial charge in [-0.25, -0.2) is 0 Å². The predicted octanol–water partition coefficient (Wildman–Crippen LogP) is 9.74. The fourth-order valence-electron chi connectivity index (χ4n) is 8.69. The summed E-state index contributed by atoms with van der Waals surface area (Å²) in [5, 5.41) is 11.1. The maximum atomic E-state index is 2.59. The van der Waals surface area contributed by atoms with Crippen LogP contribution in [0.4, 0.5) is 0 Å². The molecule has 2 aliphatic rings. The highest BCUT2D eigenvalue weighted by Gasteiger charge is 2.27. The van der Waals surface area contributed by atoms with Gasteiger partial charge in [0, 0.05) is 43.1 Å². The number of benzene rings is 5. The standard InChI is InChI=1S/C38H24N2/c1-19-33-27-13-5-11-25-29-15-21-7-3-9-23(21)17-31(29)39(37(25)27)35(33)20(2)36-34(19)28-14-6-12-26-30-16-22-8-4-10-24(22)18-32(30)40(36)38(26)28/h3-6,9-18H,7-8H2,1-2H3. The van der Waals surface area contributed by atoms with Crippen molar-refractivity contribution in [2.24, 2.45) is 0 Å². The smallest absolute Gasteiger partial charge is 0.0620 e. The molecule has 0 N–H and O–H groups in total. The molecule has 0 saturated heterocycles. The van der Waals surface area contributed by atoms with Gasteiger partial charge >= 0.3 is 0 Å². The van der Waals surface area contributed by atoms with E-state index in [-0.39, 0.29) is 0 Å². The van der Waals surface area contributed by atoms with E-state index in [9.17, 15) is 0 Å². The van der Waals surface area contributed by atoms with Crippen LogP contribution in [0.1, 0.15) is 33.4 Å². The minimum absolute atomic E-state index is 1.04. The molecule has 9 aromatic rings. The molecule has 0 radical (unpaired) electrons. The van der Waals surface area contributed by atoms with Crippen molar-refractivity contribution in [1.29, 1.82) is 0 Å². The molecule has 5 aromatic carbocycles. The van der Waals surface area contributed by atoms with Crippen molar-refractivity contribution in [3.63, 3.8) is 0 Å². The Hall–Kier alpha value is -4.82. The average molecular weight is 509 g/mol. The fraction of sp³-hybridized carbons (Fsp3) is 0.105. The number of hydrogen-bond acceptors (Lipinski definition) is 0. The van der Waals surface area contributed by atoms with Gasteiger partial charge in [0.05, 0.1) is 33.1 Å². The molecule has 2 heteroatoms. The topological polar surface area (TPSA) is 8.82 Å². The van der Waals surface area contributed by atoms with Crippen LogP contribution >= 0.6 is 0 Å². The summed E-state index contributed by atoms with van der Waals surface area (Å²) in [6.07, 6.45) is 11.3. The van der Waals surface area contributed by atoms with Crippen LogP contribution in [0.15, 0.2) is 72.8 Å². The first-order valence-electron chi connectivity index (χ1n) is 14.4. The van der Waals surface area contributed by atoms with Crippen molar-refractivity contribution in [2.45, 2.75) is 26.7 Å². The van der Waals surface area contributed by atoms with Gasteiger partial charge in [0.1, 0.15) is 0 Å². The highest BCUT2D eigenvalue weighted by molar-refractivity contribution is 6.31. The molecule has 0 saturated carbocycles. The normalized spacial score (nSPS) is 14.8. The number of hydrogen-bond donors (Lipinski definition) is 0. The summed E-state index contributed by atoms with van der Waals surface area (Å²) in [6.45, 7) is 4.73. The molecule has 0 atom stereocenters. The van der Waals surface area contributed by atoms with Crippen LogP contribution in [0.3, 0.4) is 0 Å². The first-order valence-corrected chi connectivity index (χ1v) is 14.4. The minimum atomic E-state index is 1.04. The van der Waals surface area contributed by atoms with E-state index in [1.165, 1.54) is 110 Å². The summed E-state index contributed by atoms with van der Waals surface area (Å²) in [4.78, 5) is 0. The van der Waals surface area contributed by atoms with Gasteiger partial charge in [0.25, 0.3) is 0 Å². The monoisotopic (exact) mass is 508 g/mol. The van der Waals surface area contributed by atoms with Crippen LogP contribution in [0, 0.1) is 13.8 Å². The fourth-order valence-corrected chi connectivity index (χ4v) is 8.69. The first-order chi connectivity index (χ1) is 19.7. The third-order valence-corrected chi connectivity index (χ3v) is 10.3. The van der Waals surface area contributed by atoms with Crippen molar-refractivity contribution < 1.29 is 0 Å². The summed E-state index contributed by atoms with van der Waals surface area (Å²) < 4.78 is 5.19.